The maximum Gasteiger partial charge on any atom is 0.311 e. The fraction of sp³-hybridized carbons (Fsp3) is 0.548. The molecule has 200 valence electrons. The number of carboxylic acid groups (broad SMARTS) is 1. The third-order valence-electron chi connectivity index (χ3n) is 7.10. The van der Waals surface area contributed by atoms with E-state index in [4.69, 9.17) is 22.7 Å². The van der Waals surface area contributed by atoms with Gasteiger partial charge in [0.25, 0.3) is 0 Å². The largest absolute Gasteiger partial charge is 0.481 e. The predicted molar refractivity (Wildman–Crippen MR) is 143 cm³/mol. The van der Waals surface area contributed by atoms with Crippen molar-refractivity contribution in [3.8, 4) is 24.7 Å². The average molecular weight is 509 g/mol. The number of aliphatic carboxylic acids is 1. The lowest BCUT2D eigenvalue weighted by Gasteiger charge is -2.26. The number of aliphatic hydroxyl groups excluding tert-OH is 2. The molecule has 2 rings (SSSR count). The van der Waals surface area contributed by atoms with Crippen LogP contribution in [0.1, 0.15) is 69.8 Å². The number of hydrogen-bond donors (Lipinski definition) is 3. The van der Waals surface area contributed by atoms with Crippen LogP contribution in [0.15, 0.2) is 42.5 Å². The van der Waals surface area contributed by atoms with E-state index in [9.17, 15) is 19.8 Å². The lowest BCUT2D eigenvalue weighted by atomic mass is 9.85. The van der Waals surface area contributed by atoms with Gasteiger partial charge < -0.3 is 20.1 Å². The first-order valence-electron chi connectivity index (χ1n) is 13.2. The first kappa shape index (κ1) is 30.2. The Kier molecular flexibility index (Phi) is 13.6. The van der Waals surface area contributed by atoms with Crippen LogP contribution >= 0.6 is 0 Å². The Bertz CT molecular complexity index is 925. The Balaban J connectivity index is 2.02. The van der Waals surface area contributed by atoms with Crippen LogP contribution in [0.3, 0.4) is 0 Å². The van der Waals surface area contributed by atoms with Crippen molar-refractivity contribution in [3.05, 3.63) is 48.0 Å². The van der Waals surface area contributed by atoms with Crippen molar-refractivity contribution >= 4 is 11.9 Å². The van der Waals surface area contributed by atoms with Gasteiger partial charge in [0, 0.05) is 31.6 Å². The Hall–Kier alpha value is -3.06. The molecule has 5 atom stereocenters. The van der Waals surface area contributed by atoms with Crippen molar-refractivity contribution in [1.29, 1.82) is 0 Å². The molecule has 3 N–H and O–H groups in total. The van der Waals surface area contributed by atoms with E-state index in [2.05, 4.69) is 11.8 Å². The quantitative estimate of drug-likeness (QED) is 0.131. The third-order valence-corrected chi connectivity index (χ3v) is 7.10. The topological polar surface area (TPSA) is 104 Å². The number of aliphatic hydroxyl groups is 2. The number of hydrogen-bond acceptors (Lipinski definition) is 5. The van der Waals surface area contributed by atoms with Gasteiger partial charge in [0.15, 0.2) is 0 Å². The van der Waals surface area contributed by atoms with Crippen LogP contribution in [0.25, 0.3) is 0 Å². The average Bonchev–Trinajstić information content (AvgIpc) is 3.17. The molecule has 37 heavy (non-hydrogen) atoms. The molecule has 0 heterocycles. The van der Waals surface area contributed by atoms with Gasteiger partial charge in [0.05, 0.1) is 18.1 Å². The lowest BCUT2D eigenvalue weighted by Crippen LogP contribution is -2.29. The minimum atomic E-state index is -0.817. The zero-order valence-corrected chi connectivity index (χ0v) is 21.5. The minimum Gasteiger partial charge on any atom is -0.481 e. The monoisotopic (exact) mass is 508 g/mol. The number of allylic oxidation sites excluding steroid dienone is 2. The Labute approximate surface area is 221 Å². The van der Waals surface area contributed by atoms with Crippen LogP contribution in [0.4, 0.5) is 0 Å². The van der Waals surface area contributed by atoms with Crippen LogP contribution in [-0.4, -0.2) is 45.6 Å². The van der Waals surface area contributed by atoms with Gasteiger partial charge in [-0.25, -0.2) is 0 Å². The fourth-order valence-electron chi connectivity index (χ4n) is 5.03. The number of rotatable bonds is 16. The molecule has 0 amide bonds. The summed E-state index contributed by atoms with van der Waals surface area (Å²) in [4.78, 5) is 23.5. The standard InChI is InChI=1S/C31H40O6/c1-3-12-24(13-4-2)31(36)37-29-22-28(33)26(16-10-5-6-11-17-30(34)35)27(29)21-20-25(32)19-18-23-14-8-7-9-15-23/h1-2,5,7-10,14-15,24-29,32-33H,6,11-13,16-22H2,(H,34,35)/t25-,26+,27+,28+,29+/m0/s1. The molecule has 0 radical (unpaired) electrons. The Morgan fingerprint density at radius 2 is 1.78 bits per heavy atom. The Morgan fingerprint density at radius 1 is 1.08 bits per heavy atom. The highest BCUT2D eigenvalue weighted by atomic mass is 16.5. The minimum absolute atomic E-state index is 0.119. The SMILES string of the molecule is C#CCC(CC#C)C(=O)O[C@@H]1C[C@@H](O)[C@H](CC=CCCCC(=O)O)[C@H]1CC[C@@H](O)CCc1ccccc1. The molecule has 0 spiro atoms. The second-order valence-corrected chi connectivity index (χ2v) is 9.87. The Morgan fingerprint density at radius 3 is 2.43 bits per heavy atom. The van der Waals surface area contributed by atoms with Crippen molar-refractivity contribution in [2.24, 2.45) is 17.8 Å². The first-order chi connectivity index (χ1) is 17.8. The summed E-state index contributed by atoms with van der Waals surface area (Å²) in [5, 5.41) is 30.3. The maximum atomic E-state index is 12.8. The van der Waals surface area contributed by atoms with Crippen molar-refractivity contribution in [3.63, 3.8) is 0 Å². The third kappa shape index (κ3) is 10.8. The number of benzene rings is 1. The molecule has 1 aliphatic carbocycles. The molecule has 0 aromatic heterocycles. The number of carboxylic acids is 1. The van der Waals surface area contributed by atoms with Crippen molar-refractivity contribution in [2.75, 3.05) is 0 Å². The molecule has 0 saturated heterocycles. The summed E-state index contributed by atoms with van der Waals surface area (Å²) in [6, 6.07) is 10.0. The summed E-state index contributed by atoms with van der Waals surface area (Å²) < 4.78 is 5.86. The smallest absolute Gasteiger partial charge is 0.311 e. The number of unbranched alkanes of at least 4 members (excludes halogenated alkanes) is 1. The molecule has 1 aromatic rings. The van der Waals surface area contributed by atoms with Gasteiger partial charge in [-0.15, -0.1) is 24.7 Å². The predicted octanol–water partition coefficient (Wildman–Crippen LogP) is 4.53. The van der Waals surface area contributed by atoms with Crippen LogP contribution < -0.4 is 0 Å². The van der Waals surface area contributed by atoms with E-state index in [1.165, 1.54) is 5.56 Å². The number of ether oxygens (including phenoxy) is 1. The second kappa shape index (κ2) is 16.6. The number of carbonyl (C=O) groups excluding carboxylic acids is 1. The summed E-state index contributed by atoms with van der Waals surface area (Å²) in [5.41, 5.74) is 1.17. The van der Waals surface area contributed by atoms with Crippen LogP contribution in [0.2, 0.25) is 0 Å². The van der Waals surface area contributed by atoms with E-state index < -0.39 is 36.2 Å². The zero-order chi connectivity index (χ0) is 27.0. The zero-order valence-electron chi connectivity index (χ0n) is 21.5. The van der Waals surface area contributed by atoms with E-state index >= 15 is 0 Å². The maximum absolute atomic E-state index is 12.8. The lowest BCUT2D eigenvalue weighted by molar-refractivity contribution is -0.156. The van der Waals surface area contributed by atoms with Gasteiger partial charge in [0.1, 0.15) is 6.10 Å². The highest BCUT2D eigenvalue weighted by Gasteiger charge is 2.44. The number of carbonyl (C=O) groups is 2. The van der Waals surface area contributed by atoms with Crippen molar-refractivity contribution in [2.45, 2.75) is 88.9 Å². The molecule has 6 nitrogen and oxygen atoms in total. The molecule has 0 bridgehead atoms. The highest BCUT2D eigenvalue weighted by Crippen LogP contribution is 2.41. The molecular formula is C31H40O6. The molecule has 0 aliphatic heterocycles. The molecule has 1 aromatic carbocycles. The number of esters is 1. The number of terminal acetylenes is 2. The molecule has 1 saturated carbocycles. The molecule has 1 fully saturated rings. The van der Waals surface area contributed by atoms with E-state index in [0.717, 1.165) is 6.42 Å². The summed E-state index contributed by atoms with van der Waals surface area (Å²) >= 11 is 0. The number of aryl methyl sites for hydroxylation is 1. The van der Waals surface area contributed by atoms with E-state index in [-0.39, 0.29) is 31.1 Å². The van der Waals surface area contributed by atoms with Crippen molar-refractivity contribution < 1.29 is 29.6 Å². The molecule has 0 unspecified atom stereocenters. The van der Waals surface area contributed by atoms with Crippen LogP contribution in [0, 0.1) is 42.4 Å². The summed E-state index contributed by atoms with van der Waals surface area (Å²) in [5.74, 6) is 2.89. The van der Waals surface area contributed by atoms with Gasteiger partial charge >= 0.3 is 11.9 Å². The fourth-order valence-corrected chi connectivity index (χ4v) is 5.03. The second-order valence-electron chi connectivity index (χ2n) is 9.87. The first-order valence-corrected chi connectivity index (χ1v) is 13.2. The van der Waals surface area contributed by atoms with Crippen LogP contribution in [0.5, 0.6) is 0 Å². The molecule has 1 aliphatic rings. The van der Waals surface area contributed by atoms with Gasteiger partial charge in [0.2, 0.25) is 0 Å². The van der Waals surface area contributed by atoms with E-state index in [0.29, 0.717) is 44.9 Å². The molecular weight excluding hydrogens is 468 g/mol. The van der Waals surface area contributed by atoms with E-state index in [1.807, 2.05) is 42.5 Å². The van der Waals surface area contributed by atoms with Crippen LogP contribution in [-0.2, 0) is 20.7 Å². The molecule has 6 heteroatoms. The highest BCUT2D eigenvalue weighted by molar-refractivity contribution is 5.73. The normalized spacial score (nSPS) is 22.0. The van der Waals surface area contributed by atoms with Crippen molar-refractivity contribution in [1.82, 2.24) is 0 Å². The van der Waals surface area contributed by atoms with E-state index in [1.54, 1.807) is 0 Å². The van der Waals surface area contributed by atoms with Gasteiger partial charge in [-0.05, 0) is 56.4 Å². The van der Waals surface area contributed by atoms with Gasteiger partial charge in [-0.3, -0.25) is 9.59 Å². The van der Waals surface area contributed by atoms with Gasteiger partial charge in [-0.2, -0.15) is 0 Å². The summed E-state index contributed by atoms with van der Waals surface area (Å²) in [6.45, 7) is 0. The summed E-state index contributed by atoms with van der Waals surface area (Å²) in [6.07, 6.45) is 18.3. The van der Waals surface area contributed by atoms with Gasteiger partial charge in [-0.1, -0.05) is 42.5 Å². The summed E-state index contributed by atoms with van der Waals surface area (Å²) in [7, 11) is 0.